The first kappa shape index (κ1) is 19.2. The van der Waals surface area contributed by atoms with Gasteiger partial charge >= 0.3 is 6.01 Å². The zero-order chi connectivity index (χ0) is 20.4. The molecular formula is C15H7Cl2N5O6. The van der Waals surface area contributed by atoms with Gasteiger partial charge in [0.15, 0.2) is 0 Å². The summed E-state index contributed by atoms with van der Waals surface area (Å²) >= 11 is 11.8. The van der Waals surface area contributed by atoms with Crippen molar-refractivity contribution >= 4 is 46.5 Å². The third-order valence-electron chi connectivity index (χ3n) is 3.34. The molecule has 0 aliphatic rings. The third-order valence-corrected chi connectivity index (χ3v) is 3.78. The maximum absolute atomic E-state index is 12.3. The summed E-state index contributed by atoms with van der Waals surface area (Å²) in [5.41, 5.74) is -1.15. The van der Waals surface area contributed by atoms with Crippen LogP contribution in [0.2, 0.25) is 10.0 Å². The van der Waals surface area contributed by atoms with Gasteiger partial charge in [0.2, 0.25) is 5.89 Å². The Kier molecular flexibility index (Phi) is 5.20. The average molecular weight is 424 g/mol. The van der Waals surface area contributed by atoms with Gasteiger partial charge < -0.3 is 4.42 Å². The highest BCUT2D eigenvalue weighted by atomic mass is 35.5. The van der Waals surface area contributed by atoms with E-state index in [0.717, 1.165) is 18.2 Å². The Labute approximate surface area is 165 Å². The predicted molar refractivity (Wildman–Crippen MR) is 97.5 cm³/mol. The maximum atomic E-state index is 12.3. The van der Waals surface area contributed by atoms with Gasteiger partial charge in [0.05, 0.1) is 21.5 Å². The van der Waals surface area contributed by atoms with Crippen molar-refractivity contribution in [2.24, 2.45) is 0 Å². The number of aromatic nitrogens is 2. The van der Waals surface area contributed by atoms with Crippen molar-refractivity contribution in [2.45, 2.75) is 0 Å². The summed E-state index contributed by atoms with van der Waals surface area (Å²) < 4.78 is 5.29. The molecule has 1 aromatic heterocycles. The number of nitro benzene ring substituents is 2. The lowest BCUT2D eigenvalue weighted by atomic mass is 10.1. The molecule has 0 aliphatic heterocycles. The molecule has 3 rings (SSSR count). The van der Waals surface area contributed by atoms with Gasteiger partial charge in [0.1, 0.15) is 0 Å². The second-order valence-corrected chi connectivity index (χ2v) is 6.15. The van der Waals surface area contributed by atoms with E-state index < -0.39 is 27.1 Å². The molecule has 2 aromatic carbocycles. The summed E-state index contributed by atoms with van der Waals surface area (Å²) in [5, 5.41) is 32.1. The minimum absolute atomic E-state index is 0.00437. The molecule has 0 saturated heterocycles. The van der Waals surface area contributed by atoms with Crippen molar-refractivity contribution in [1.29, 1.82) is 0 Å². The van der Waals surface area contributed by atoms with Crippen molar-refractivity contribution in [3.05, 3.63) is 72.2 Å². The quantitative estimate of drug-likeness (QED) is 0.474. The second-order valence-electron chi connectivity index (χ2n) is 5.28. The number of halogens is 2. The molecule has 1 amide bonds. The summed E-state index contributed by atoms with van der Waals surface area (Å²) in [6.07, 6.45) is 0. The fourth-order valence-electron chi connectivity index (χ4n) is 2.17. The summed E-state index contributed by atoms with van der Waals surface area (Å²) in [4.78, 5) is 32.4. The Hall–Kier alpha value is -3.57. The number of anilines is 1. The third kappa shape index (κ3) is 4.22. The molecule has 0 unspecified atom stereocenters. The smallest absolute Gasteiger partial charge is 0.322 e. The molecule has 142 valence electrons. The van der Waals surface area contributed by atoms with Crippen molar-refractivity contribution < 1.29 is 19.1 Å². The zero-order valence-electron chi connectivity index (χ0n) is 13.5. The molecule has 0 spiro atoms. The molecule has 0 bridgehead atoms. The molecule has 28 heavy (non-hydrogen) atoms. The van der Waals surface area contributed by atoms with Gasteiger partial charge in [-0.3, -0.25) is 30.3 Å². The summed E-state index contributed by atoms with van der Waals surface area (Å²) in [6.45, 7) is 0. The lowest BCUT2D eigenvalue weighted by molar-refractivity contribution is -0.394. The highest BCUT2D eigenvalue weighted by Gasteiger charge is 2.21. The van der Waals surface area contributed by atoms with Gasteiger partial charge in [-0.25, -0.2) is 0 Å². The van der Waals surface area contributed by atoms with Crippen molar-refractivity contribution in [3.63, 3.8) is 0 Å². The molecule has 1 N–H and O–H groups in total. The Morgan fingerprint density at radius 2 is 1.50 bits per heavy atom. The highest BCUT2D eigenvalue weighted by molar-refractivity contribution is 6.35. The van der Waals surface area contributed by atoms with E-state index in [2.05, 4.69) is 15.5 Å². The maximum Gasteiger partial charge on any atom is 0.322 e. The van der Waals surface area contributed by atoms with Crippen LogP contribution in [0.3, 0.4) is 0 Å². The van der Waals surface area contributed by atoms with Crippen LogP contribution in [0.1, 0.15) is 10.4 Å². The van der Waals surface area contributed by atoms with E-state index in [9.17, 15) is 25.0 Å². The Morgan fingerprint density at radius 3 is 2.04 bits per heavy atom. The molecule has 0 radical (unpaired) electrons. The van der Waals surface area contributed by atoms with Crippen LogP contribution in [0.15, 0.2) is 40.8 Å². The van der Waals surface area contributed by atoms with Gasteiger partial charge in [-0.2, -0.15) is 0 Å². The Bertz CT molecular complexity index is 1060. The lowest BCUT2D eigenvalue weighted by Gasteiger charge is -2.01. The average Bonchev–Trinajstić information content (AvgIpc) is 3.09. The number of hydrogen-bond acceptors (Lipinski definition) is 8. The molecule has 3 aromatic rings. The van der Waals surface area contributed by atoms with Gasteiger partial charge in [-0.15, -0.1) is 5.10 Å². The van der Waals surface area contributed by atoms with Gasteiger partial charge in [-0.1, -0.05) is 28.3 Å². The molecule has 0 atom stereocenters. The van der Waals surface area contributed by atoms with Gasteiger partial charge in [0, 0.05) is 27.7 Å². The van der Waals surface area contributed by atoms with E-state index in [1.54, 1.807) is 0 Å². The number of amides is 1. The largest absolute Gasteiger partial charge is 0.403 e. The monoisotopic (exact) mass is 423 g/mol. The first-order valence-corrected chi connectivity index (χ1v) is 8.04. The molecule has 0 fully saturated rings. The number of nitrogens with one attached hydrogen (secondary N) is 1. The van der Waals surface area contributed by atoms with Crippen molar-refractivity contribution in [1.82, 2.24) is 10.2 Å². The van der Waals surface area contributed by atoms with E-state index in [-0.39, 0.29) is 17.5 Å². The second kappa shape index (κ2) is 7.58. The predicted octanol–water partition coefficient (Wildman–Crippen LogP) is 4.11. The summed E-state index contributed by atoms with van der Waals surface area (Å²) in [5.74, 6) is -0.907. The number of benzene rings is 2. The van der Waals surface area contributed by atoms with E-state index in [1.165, 1.54) is 18.2 Å². The van der Waals surface area contributed by atoms with Gasteiger partial charge in [-0.05, 0) is 18.2 Å². The van der Waals surface area contributed by atoms with Crippen LogP contribution in [-0.4, -0.2) is 26.0 Å². The minimum atomic E-state index is -0.911. The number of carbonyl (C=O) groups is 1. The molecule has 13 heteroatoms. The minimum Gasteiger partial charge on any atom is -0.403 e. The fraction of sp³-hybridized carbons (Fsp3) is 0. The molecule has 11 nitrogen and oxygen atoms in total. The summed E-state index contributed by atoms with van der Waals surface area (Å²) in [7, 11) is 0. The van der Waals surface area contributed by atoms with E-state index in [1.807, 2.05) is 0 Å². The number of rotatable bonds is 5. The number of carbonyl (C=O) groups excluding carboxylic acids is 1. The van der Waals surface area contributed by atoms with Crippen LogP contribution in [0.25, 0.3) is 11.5 Å². The first-order valence-electron chi connectivity index (χ1n) is 7.28. The topological polar surface area (TPSA) is 154 Å². The van der Waals surface area contributed by atoms with E-state index in [4.69, 9.17) is 27.6 Å². The van der Waals surface area contributed by atoms with E-state index >= 15 is 0 Å². The summed E-state index contributed by atoms with van der Waals surface area (Å²) in [6, 6.07) is 6.70. The fourth-order valence-corrected chi connectivity index (χ4v) is 2.70. The molecular weight excluding hydrogens is 417 g/mol. The van der Waals surface area contributed by atoms with Crippen LogP contribution in [0.5, 0.6) is 0 Å². The number of non-ortho nitro benzene ring substituents is 2. The van der Waals surface area contributed by atoms with Crippen LogP contribution < -0.4 is 5.32 Å². The molecule has 1 heterocycles. The number of nitrogens with zero attached hydrogens (tertiary/aromatic N) is 4. The van der Waals surface area contributed by atoms with Gasteiger partial charge in [0.25, 0.3) is 17.3 Å². The van der Waals surface area contributed by atoms with Crippen LogP contribution in [0, 0.1) is 20.2 Å². The standard InChI is InChI=1S/C15H7Cl2N5O6/c16-9-1-8(2-10(17)5-9)14-19-20-15(28-14)18-13(23)7-3-11(21(24)25)6-12(4-7)22(26)27/h1-6H,(H,18,20,23). The van der Waals surface area contributed by atoms with Crippen LogP contribution in [-0.2, 0) is 0 Å². The molecule has 0 saturated carbocycles. The SMILES string of the molecule is O=C(Nc1nnc(-c2cc(Cl)cc(Cl)c2)o1)c1cc([N+](=O)[O-])cc([N+](=O)[O-])c1. The molecule has 0 aliphatic carbocycles. The van der Waals surface area contributed by atoms with Crippen molar-refractivity contribution in [3.8, 4) is 11.5 Å². The normalized spacial score (nSPS) is 10.5. The highest BCUT2D eigenvalue weighted by Crippen LogP contribution is 2.28. The Balaban J connectivity index is 1.87. The van der Waals surface area contributed by atoms with Crippen LogP contribution in [0.4, 0.5) is 17.4 Å². The van der Waals surface area contributed by atoms with E-state index in [0.29, 0.717) is 15.6 Å². The number of hydrogen-bond donors (Lipinski definition) is 1. The zero-order valence-corrected chi connectivity index (χ0v) is 15.0. The lowest BCUT2D eigenvalue weighted by Crippen LogP contribution is -2.13. The number of nitro groups is 2. The van der Waals surface area contributed by atoms with Crippen LogP contribution >= 0.6 is 23.2 Å². The first-order chi connectivity index (χ1) is 13.2. The van der Waals surface area contributed by atoms with Crippen molar-refractivity contribution in [2.75, 3.05) is 5.32 Å². The Morgan fingerprint density at radius 1 is 0.929 bits per heavy atom.